The molecule has 4 rings (SSSR count). The number of carbonyl (C=O) groups is 2. The Kier molecular flexibility index (Phi) is 5.19. The zero-order valence-electron chi connectivity index (χ0n) is 14.8. The second-order valence-corrected chi connectivity index (χ2v) is 7.88. The fourth-order valence-corrected chi connectivity index (χ4v) is 4.14. The monoisotopic (exact) mass is 462 g/mol. The molecule has 1 aromatic heterocycles. The van der Waals surface area contributed by atoms with Gasteiger partial charge in [0.05, 0.1) is 23.7 Å². The van der Waals surface area contributed by atoms with E-state index in [0.29, 0.717) is 28.4 Å². The van der Waals surface area contributed by atoms with Crippen molar-refractivity contribution >= 4 is 49.4 Å². The lowest BCUT2D eigenvalue weighted by molar-refractivity contribution is -0.140. The Labute approximate surface area is 172 Å². The maximum Gasteiger partial charge on any atom is 0.307 e. The summed E-state index contributed by atoms with van der Waals surface area (Å²) in [5.41, 5.74) is 1.30. The molecule has 144 valence electrons. The topological polar surface area (TPSA) is 79.1 Å². The molecule has 0 fully saturated rings. The minimum atomic E-state index is -0.356. The van der Waals surface area contributed by atoms with Crippen molar-refractivity contribution < 1.29 is 23.8 Å². The van der Waals surface area contributed by atoms with Crippen LogP contribution >= 0.6 is 27.3 Å². The smallest absolute Gasteiger partial charge is 0.307 e. The standard InChI is InChI=1S/C19H15BrN2O5S/c1-25-17(23)6-7-22-13-8-14-15(27-10-26-14)9-16(13)28-19(22)21-18(24)11-2-4-12(20)5-3-11/h2-5,8-9H,6-7,10H2,1H3. The number of methoxy groups -OCH3 is 1. The van der Waals surface area contributed by atoms with Crippen LogP contribution in [0.3, 0.4) is 0 Å². The number of hydrogen-bond donors (Lipinski definition) is 0. The van der Waals surface area contributed by atoms with Gasteiger partial charge in [-0.05, 0) is 24.3 Å². The molecular weight excluding hydrogens is 448 g/mol. The average molecular weight is 463 g/mol. The molecule has 3 aromatic rings. The van der Waals surface area contributed by atoms with E-state index >= 15 is 0 Å². The highest BCUT2D eigenvalue weighted by molar-refractivity contribution is 9.10. The lowest BCUT2D eigenvalue weighted by Gasteiger charge is -2.05. The molecule has 0 radical (unpaired) electrons. The van der Waals surface area contributed by atoms with E-state index in [-0.39, 0.29) is 25.1 Å². The van der Waals surface area contributed by atoms with Gasteiger partial charge in [-0.1, -0.05) is 27.3 Å². The Balaban J connectivity index is 1.80. The van der Waals surface area contributed by atoms with E-state index in [0.717, 1.165) is 14.7 Å². The molecule has 0 bridgehead atoms. The molecule has 0 aliphatic carbocycles. The predicted octanol–water partition coefficient (Wildman–Crippen LogP) is 3.50. The summed E-state index contributed by atoms with van der Waals surface area (Å²) in [6, 6.07) is 10.7. The number of nitrogens with zero attached hydrogens (tertiary/aromatic N) is 2. The molecule has 9 heteroatoms. The molecule has 2 heterocycles. The van der Waals surface area contributed by atoms with Gasteiger partial charge in [-0.3, -0.25) is 9.59 Å². The van der Waals surface area contributed by atoms with Crippen molar-refractivity contribution in [3.8, 4) is 11.5 Å². The van der Waals surface area contributed by atoms with Crippen molar-refractivity contribution in [2.24, 2.45) is 4.99 Å². The third kappa shape index (κ3) is 3.67. The van der Waals surface area contributed by atoms with E-state index in [2.05, 4.69) is 20.9 Å². The molecule has 0 saturated carbocycles. The lowest BCUT2D eigenvalue weighted by atomic mass is 10.2. The first kappa shape index (κ1) is 18.7. The van der Waals surface area contributed by atoms with E-state index < -0.39 is 0 Å². The number of halogens is 1. The number of aryl methyl sites for hydroxylation is 1. The average Bonchev–Trinajstić information content (AvgIpc) is 3.28. The van der Waals surface area contributed by atoms with Gasteiger partial charge in [0.15, 0.2) is 16.3 Å². The second kappa shape index (κ2) is 7.76. The van der Waals surface area contributed by atoms with Gasteiger partial charge in [0.2, 0.25) is 6.79 Å². The fourth-order valence-electron chi connectivity index (χ4n) is 2.81. The van der Waals surface area contributed by atoms with Crippen LogP contribution in [0.4, 0.5) is 0 Å². The summed E-state index contributed by atoms with van der Waals surface area (Å²) < 4.78 is 19.2. The van der Waals surface area contributed by atoms with E-state index in [1.165, 1.54) is 18.4 Å². The van der Waals surface area contributed by atoms with Gasteiger partial charge in [0.1, 0.15) is 0 Å². The van der Waals surface area contributed by atoms with E-state index in [4.69, 9.17) is 14.2 Å². The molecule has 28 heavy (non-hydrogen) atoms. The van der Waals surface area contributed by atoms with Crippen molar-refractivity contribution in [1.82, 2.24) is 4.57 Å². The molecule has 0 atom stereocenters. The van der Waals surface area contributed by atoms with Gasteiger partial charge in [-0.25, -0.2) is 0 Å². The first-order valence-electron chi connectivity index (χ1n) is 8.39. The van der Waals surface area contributed by atoms with Crippen molar-refractivity contribution in [3.05, 3.63) is 51.2 Å². The maximum absolute atomic E-state index is 12.6. The van der Waals surface area contributed by atoms with Crippen LogP contribution in [0.15, 0.2) is 45.9 Å². The minimum absolute atomic E-state index is 0.163. The van der Waals surface area contributed by atoms with Gasteiger partial charge >= 0.3 is 5.97 Å². The number of carbonyl (C=O) groups excluding carboxylic acids is 2. The Morgan fingerprint density at radius 3 is 2.64 bits per heavy atom. The number of thiazole rings is 1. The highest BCUT2D eigenvalue weighted by Gasteiger charge is 2.18. The second-order valence-electron chi connectivity index (χ2n) is 5.96. The SMILES string of the molecule is COC(=O)CCn1c(=NC(=O)c2ccc(Br)cc2)sc2cc3c(cc21)OCO3. The molecule has 1 amide bonds. The van der Waals surface area contributed by atoms with Gasteiger partial charge < -0.3 is 18.8 Å². The van der Waals surface area contributed by atoms with Crippen LogP contribution in [0.1, 0.15) is 16.8 Å². The van der Waals surface area contributed by atoms with Gasteiger partial charge in [0, 0.05) is 28.7 Å². The normalized spacial score (nSPS) is 13.1. The zero-order valence-corrected chi connectivity index (χ0v) is 17.2. The quantitative estimate of drug-likeness (QED) is 0.554. The molecule has 0 N–H and O–H groups in total. The van der Waals surface area contributed by atoms with E-state index in [1.807, 2.05) is 16.7 Å². The summed E-state index contributed by atoms with van der Waals surface area (Å²) in [5.74, 6) is 0.589. The minimum Gasteiger partial charge on any atom is -0.469 e. The Bertz CT molecular complexity index is 1130. The summed E-state index contributed by atoms with van der Waals surface area (Å²) in [4.78, 5) is 29.1. The maximum atomic E-state index is 12.6. The van der Waals surface area contributed by atoms with Crippen LogP contribution < -0.4 is 14.3 Å². The third-order valence-electron chi connectivity index (χ3n) is 4.23. The number of aromatic nitrogens is 1. The Morgan fingerprint density at radius 1 is 1.21 bits per heavy atom. The summed E-state index contributed by atoms with van der Waals surface area (Å²) in [6.07, 6.45) is 0.163. The number of rotatable bonds is 4. The number of ether oxygens (including phenoxy) is 3. The zero-order chi connectivity index (χ0) is 19.7. The van der Waals surface area contributed by atoms with Gasteiger partial charge in [-0.2, -0.15) is 4.99 Å². The third-order valence-corrected chi connectivity index (χ3v) is 5.80. The molecular formula is C19H15BrN2O5S. The molecule has 1 aliphatic rings. The van der Waals surface area contributed by atoms with Crippen molar-refractivity contribution in [2.45, 2.75) is 13.0 Å². The van der Waals surface area contributed by atoms with E-state index in [1.54, 1.807) is 24.3 Å². The van der Waals surface area contributed by atoms with Gasteiger partial charge in [0.25, 0.3) is 5.91 Å². The first-order valence-corrected chi connectivity index (χ1v) is 10.0. The molecule has 0 unspecified atom stereocenters. The van der Waals surface area contributed by atoms with Crippen LogP contribution in [0.25, 0.3) is 10.2 Å². The summed E-state index contributed by atoms with van der Waals surface area (Å²) in [7, 11) is 1.35. The summed E-state index contributed by atoms with van der Waals surface area (Å²) >= 11 is 4.71. The van der Waals surface area contributed by atoms with Crippen LogP contribution in [-0.4, -0.2) is 30.3 Å². The predicted molar refractivity (Wildman–Crippen MR) is 107 cm³/mol. The number of esters is 1. The fraction of sp³-hybridized carbons (Fsp3) is 0.211. The van der Waals surface area contributed by atoms with Crippen LogP contribution in [0.5, 0.6) is 11.5 Å². The summed E-state index contributed by atoms with van der Waals surface area (Å²) in [6.45, 7) is 0.507. The Hall–Kier alpha value is -2.65. The number of benzene rings is 2. The molecule has 0 spiro atoms. The van der Waals surface area contributed by atoms with Crippen LogP contribution in [0, 0.1) is 0 Å². The van der Waals surface area contributed by atoms with Crippen molar-refractivity contribution in [1.29, 1.82) is 0 Å². The Morgan fingerprint density at radius 2 is 1.93 bits per heavy atom. The largest absolute Gasteiger partial charge is 0.469 e. The lowest BCUT2D eigenvalue weighted by Crippen LogP contribution is -2.19. The summed E-state index contributed by atoms with van der Waals surface area (Å²) in [5, 5.41) is 0. The molecule has 7 nitrogen and oxygen atoms in total. The van der Waals surface area contributed by atoms with E-state index in [9.17, 15) is 9.59 Å². The molecule has 1 aliphatic heterocycles. The van der Waals surface area contributed by atoms with Crippen LogP contribution in [-0.2, 0) is 16.1 Å². The number of fused-ring (bicyclic) bond motifs is 2. The number of amides is 1. The van der Waals surface area contributed by atoms with Crippen LogP contribution in [0.2, 0.25) is 0 Å². The highest BCUT2D eigenvalue weighted by Crippen LogP contribution is 2.37. The molecule has 2 aromatic carbocycles. The first-order chi connectivity index (χ1) is 13.5. The molecule has 0 saturated heterocycles. The van der Waals surface area contributed by atoms with Gasteiger partial charge in [-0.15, -0.1) is 0 Å². The van der Waals surface area contributed by atoms with Crippen molar-refractivity contribution in [3.63, 3.8) is 0 Å². The highest BCUT2D eigenvalue weighted by atomic mass is 79.9. The number of hydrogen-bond acceptors (Lipinski definition) is 6. The van der Waals surface area contributed by atoms with Crippen molar-refractivity contribution in [2.75, 3.05) is 13.9 Å².